The zero-order valence-electron chi connectivity index (χ0n) is 24.2. The average Bonchev–Trinajstić information content (AvgIpc) is 3.53. The molecular weight excluding hydrogens is 545 g/mol. The van der Waals surface area contributed by atoms with Crippen LogP contribution in [0.4, 0.5) is 10.1 Å². The van der Waals surface area contributed by atoms with E-state index < -0.39 is 45.5 Å². The number of rotatable bonds is 12. The van der Waals surface area contributed by atoms with Gasteiger partial charge < -0.3 is 16.4 Å². The van der Waals surface area contributed by atoms with Gasteiger partial charge in [0.25, 0.3) is 10.2 Å². The van der Waals surface area contributed by atoms with E-state index in [9.17, 15) is 22.4 Å². The van der Waals surface area contributed by atoms with Crippen LogP contribution in [0.1, 0.15) is 46.1 Å². The van der Waals surface area contributed by atoms with Gasteiger partial charge in [0.15, 0.2) is 0 Å². The van der Waals surface area contributed by atoms with Crippen LogP contribution in [-0.2, 0) is 26.2 Å². The normalized spacial score (nSPS) is 23.0. The Bertz CT molecular complexity index is 1320. The van der Waals surface area contributed by atoms with E-state index in [4.69, 9.17) is 5.73 Å². The molecule has 0 radical (unpaired) electrons. The fraction of sp³-hybridized carbons (Fsp3) is 0.533. The van der Waals surface area contributed by atoms with Gasteiger partial charge in [-0.15, -0.1) is 0 Å². The number of anilines is 1. The van der Waals surface area contributed by atoms with Crippen molar-refractivity contribution in [2.75, 3.05) is 25.0 Å². The molecule has 0 aromatic heterocycles. The van der Waals surface area contributed by atoms with E-state index in [1.54, 1.807) is 20.8 Å². The van der Waals surface area contributed by atoms with Crippen LogP contribution in [0.2, 0.25) is 0 Å². The topological polar surface area (TPSA) is 125 Å². The Balaban J connectivity index is 1.45. The van der Waals surface area contributed by atoms with Gasteiger partial charge in [-0.1, -0.05) is 44.2 Å². The van der Waals surface area contributed by atoms with Crippen molar-refractivity contribution in [1.82, 2.24) is 13.9 Å². The maximum atomic E-state index is 13.7. The van der Waals surface area contributed by atoms with Crippen LogP contribution in [0.3, 0.4) is 0 Å². The molecule has 1 heterocycles. The molecule has 4 rings (SSSR count). The Labute approximate surface area is 242 Å². The number of halogens is 1. The number of nitrogens with zero attached hydrogens (tertiary/aromatic N) is 2. The largest absolute Gasteiger partial charge is 0.350 e. The van der Waals surface area contributed by atoms with Crippen LogP contribution < -0.4 is 16.4 Å². The Hall–Kier alpha value is -2.86. The van der Waals surface area contributed by atoms with Crippen LogP contribution in [0.25, 0.3) is 0 Å². The number of amides is 2. The molecule has 11 heteroatoms. The van der Waals surface area contributed by atoms with E-state index in [-0.39, 0.29) is 18.9 Å². The van der Waals surface area contributed by atoms with Gasteiger partial charge >= 0.3 is 0 Å². The maximum absolute atomic E-state index is 13.7. The van der Waals surface area contributed by atoms with E-state index in [0.29, 0.717) is 37.0 Å². The van der Waals surface area contributed by atoms with Crippen molar-refractivity contribution in [3.05, 3.63) is 66.0 Å². The van der Waals surface area contributed by atoms with Crippen molar-refractivity contribution in [2.45, 2.75) is 64.6 Å². The van der Waals surface area contributed by atoms with Gasteiger partial charge in [0.05, 0.1) is 0 Å². The third-order valence-corrected chi connectivity index (χ3v) is 10.5. The Morgan fingerprint density at radius 2 is 1.73 bits per heavy atom. The van der Waals surface area contributed by atoms with Crippen LogP contribution in [0.15, 0.2) is 54.6 Å². The lowest BCUT2D eigenvalue weighted by Gasteiger charge is -2.36. The molecule has 9 nitrogen and oxygen atoms in total. The summed E-state index contributed by atoms with van der Waals surface area (Å²) in [7, 11) is -3.79. The molecule has 0 spiro atoms. The third kappa shape index (κ3) is 7.51. The Morgan fingerprint density at radius 3 is 2.34 bits per heavy atom. The summed E-state index contributed by atoms with van der Waals surface area (Å²) in [6.45, 7) is 8.18. The first-order valence-corrected chi connectivity index (χ1v) is 15.6. The molecule has 4 N–H and O–H groups in total. The maximum Gasteiger partial charge on any atom is 0.283 e. The second kappa shape index (κ2) is 12.6. The van der Waals surface area contributed by atoms with Crippen molar-refractivity contribution >= 4 is 27.7 Å². The number of benzene rings is 2. The smallest absolute Gasteiger partial charge is 0.283 e. The summed E-state index contributed by atoms with van der Waals surface area (Å²) < 4.78 is 42.8. The monoisotopic (exact) mass is 587 g/mol. The van der Waals surface area contributed by atoms with Crippen molar-refractivity contribution in [1.29, 1.82) is 0 Å². The highest BCUT2D eigenvalue weighted by molar-refractivity contribution is 7.87. The summed E-state index contributed by atoms with van der Waals surface area (Å²) in [5.41, 5.74) is 6.71. The number of nitrogens with two attached hydrogens (primary N) is 1. The first-order chi connectivity index (χ1) is 19.3. The van der Waals surface area contributed by atoms with Gasteiger partial charge in [-0.3, -0.25) is 9.59 Å². The lowest BCUT2D eigenvalue weighted by atomic mass is 9.91. The molecule has 2 aliphatic rings. The second-order valence-corrected chi connectivity index (χ2v) is 13.9. The highest BCUT2D eigenvalue weighted by atomic mass is 32.2. The summed E-state index contributed by atoms with van der Waals surface area (Å²) in [5.74, 6) is -0.718. The molecule has 2 unspecified atom stereocenters. The number of hydrogen-bond donors (Lipinski definition) is 3. The number of carbonyl (C=O) groups is 2. The van der Waals surface area contributed by atoms with Crippen LogP contribution in [0, 0.1) is 23.6 Å². The fourth-order valence-corrected chi connectivity index (χ4v) is 7.30. The number of nitrogens with one attached hydrogen (secondary N) is 2. The van der Waals surface area contributed by atoms with Crippen LogP contribution in [-0.4, -0.2) is 66.1 Å². The van der Waals surface area contributed by atoms with Crippen molar-refractivity contribution in [3.63, 3.8) is 0 Å². The molecule has 2 aromatic carbocycles. The van der Waals surface area contributed by atoms with E-state index in [0.717, 1.165) is 12.0 Å². The van der Waals surface area contributed by atoms with E-state index >= 15 is 0 Å². The minimum atomic E-state index is -3.79. The van der Waals surface area contributed by atoms with Crippen LogP contribution in [0.5, 0.6) is 0 Å². The summed E-state index contributed by atoms with van der Waals surface area (Å²) in [6.07, 6.45) is 1.70. The minimum absolute atomic E-state index is 0.236. The Morgan fingerprint density at radius 1 is 1.10 bits per heavy atom. The second-order valence-electron chi connectivity index (χ2n) is 12.0. The molecule has 2 fully saturated rings. The lowest BCUT2D eigenvalue weighted by molar-refractivity contribution is -0.129. The minimum Gasteiger partial charge on any atom is -0.350 e. The predicted molar refractivity (Wildman–Crippen MR) is 157 cm³/mol. The van der Waals surface area contributed by atoms with Gasteiger partial charge in [0.2, 0.25) is 11.8 Å². The third-order valence-electron chi connectivity index (χ3n) is 8.37. The van der Waals surface area contributed by atoms with Gasteiger partial charge in [-0.2, -0.15) is 17.0 Å². The molecular formula is C30H42FN5O4S. The first kappa shape index (κ1) is 31.1. The molecule has 1 aliphatic heterocycles. The van der Waals surface area contributed by atoms with E-state index in [1.165, 1.54) is 32.9 Å². The van der Waals surface area contributed by atoms with Crippen molar-refractivity contribution in [2.24, 2.45) is 23.5 Å². The molecule has 5 atom stereocenters. The molecule has 2 amide bonds. The van der Waals surface area contributed by atoms with Crippen molar-refractivity contribution in [3.8, 4) is 0 Å². The average molecular weight is 588 g/mol. The lowest BCUT2D eigenvalue weighted by Crippen LogP contribution is -2.60. The van der Waals surface area contributed by atoms with Gasteiger partial charge in [0, 0.05) is 43.3 Å². The highest BCUT2D eigenvalue weighted by Gasteiger charge is 2.50. The number of hydrogen-bond acceptors (Lipinski definition) is 5. The molecule has 1 saturated heterocycles. The quantitative estimate of drug-likeness (QED) is 0.352. The Kier molecular flexibility index (Phi) is 9.52. The zero-order valence-corrected chi connectivity index (χ0v) is 25.0. The number of carbonyl (C=O) groups excluding carboxylic acids is 2. The molecule has 2 aromatic rings. The fourth-order valence-electron chi connectivity index (χ4n) is 5.35. The molecule has 1 aliphatic carbocycles. The summed E-state index contributed by atoms with van der Waals surface area (Å²) in [4.78, 5) is 26.6. The van der Waals surface area contributed by atoms with Gasteiger partial charge in [-0.25, -0.2) is 4.39 Å². The zero-order chi connectivity index (χ0) is 29.9. The first-order valence-electron chi connectivity index (χ1n) is 14.2. The molecule has 0 bridgehead atoms. The summed E-state index contributed by atoms with van der Waals surface area (Å²) >= 11 is 0. The van der Waals surface area contributed by atoms with Gasteiger partial charge in [-0.05, 0) is 74.8 Å². The molecule has 41 heavy (non-hydrogen) atoms. The highest BCUT2D eigenvalue weighted by Crippen LogP contribution is 2.40. The summed E-state index contributed by atoms with van der Waals surface area (Å²) in [5, 5.41) is 5.81. The predicted octanol–water partition coefficient (Wildman–Crippen LogP) is 3.14. The molecule has 224 valence electrons. The van der Waals surface area contributed by atoms with E-state index in [1.807, 2.05) is 30.3 Å². The summed E-state index contributed by atoms with van der Waals surface area (Å²) in [6, 6.07) is 13.9. The standard InChI is InChI=1S/C30H42FN5O4S/c1-20-16-23(20)19-35-14-15-36(41(35,39)40)30(3,4)29(38)34-27(18-22-8-6-5-7-9-22)26(32)17-21(2)28(37)33-25-12-10-24(31)11-13-25/h5-13,20-21,23,26-27H,14-19,32H2,1-4H3,(H,33,37)(H,34,38)/t20?,21-,23?,26+,27+/m1/s1. The SMILES string of the molecule is CC1CC1CN1CCN(C(C)(C)C(=O)N[C@@H](Cc2ccccc2)[C@@H](N)C[C@@H](C)C(=O)Nc2ccc(F)cc2)S1(=O)=O. The van der Waals surface area contributed by atoms with Crippen molar-refractivity contribution < 1.29 is 22.4 Å². The van der Waals surface area contributed by atoms with E-state index in [2.05, 4.69) is 17.6 Å². The van der Waals surface area contributed by atoms with Crippen LogP contribution >= 0.6 is 0 Å². The molecule has 1 saturated carbocycles. The van der Waals surface area contributed by atoms with Gasteiger partial charge in [0.1, 0.15) is 11.4 Å².